The zero-order valence-electron chi connectivity index (χ0n) is 15.3. The Morgan fingerprint density at radius 2 is 1.46 bits per heavy atom. The van der Waals surface area contributed by atoms with Crippen LogP contribution in [0, 0.1) is 5.82 Å². The molecule has 0 aliphatic carbocycles. The molecule has 0 aliphatic rings. The van der Waals surface area contributed by atoms with Crippen molar-refractivity contribution >= 4 is 17.5 Å². The number of rotatable bonds is 7. The fourth-order valence-electron chi connectivity index (χ4n) is 2.80. The lowest BCUT2D eigenvalue weighted by Gasteiger charge is -2.09. The van der Waals surface area contributed by atoms with Gasteiger partial charge < -0.3 is 10.6 Å². The van der Waals surface area contributed by atoms with Crippen molar-refractivity contribution in [1.29, 1.82) is 0 Å². The normalized spacial score (nSPS) is 10.3. The fourth-order valence-corrected chi connectivity index (χ4v) is 2.80. The van der Waals surface area contributed by atoms with E-state index < -0.39 is 11.7 Å². The number of benzene rings is 3. The Kier molecular flexibility index (Phi) is 6.52. The molecule has 0 heterocycles. The van der Waals surface area contributed by atoms with Crippen LogP contribution < -0.4 is 10.6 Å². The van der Waals surface area contributed by atoms with Crippen LogP contribution in [0.4, 0.5) is 10.1 Å². The summed E-state index contributed by atoms with van der Waals surface area (Å²) >= 11 is 0. The van der Waals surface area contributed by atoms with Gasteiger partial charge in [0.15, 0.2) is 0 Å². The number of halogens is 1. The monoisotopic (exact) mass is 376 g/mol. The van der Waals surface area contributed by atoms with Gasteiger partial charge in [-0.3, -0.25) is 9.59 Å². The number of carbonyl (C=O) groups is 2. The van der Waals surface area contributed by atoms with Gasteiger partial charge in [0.1, 0.15) is 5.82 Å². The molecule has 28 heavy (non-hydrogen) atoms. The van der Waals surface area contributed by atoms with Crippen molar-refractivity contribution in [3.8, 4) is 0 Å². The van der Waals surface area contributed by atoms with Crippen LogP contribution in [0.15, 0.2) is 78.9 Å². The van der Waals surface area contributed by atoms with Crippen LogP contribution >= 0.6 is 0 Å². The summed E-state index contributed by atoms with van der Waals surface area (Å²) < 4.78 is 13.7. The highest BCUT2D eigenvalue weighted by molar-refractivity contribution is 6.06. The maximum atomic E-state index is 13.7. The van der Waals surface area contributed by atoms with Crippen LogP contribution in [-0.2, 0) is 6.42 Å². The molecular weight excluding hydrogens is 355 g/mol. The van der Waals surface area contributed by atoms with Crippen molar-refractivity contribution in [2.75, 3.05) is 11.9 Å². The van der Waals surface area contributed by atoms with Gasteiger partial charge >= 0.3 is 0 Å². The van der Waals surface area contributed by atoms with Crippen LogP contribution in [-0.4, -0.2) is 18.4 Å². The Balaban J connectivity index is 1.55. The summed E-state index contributed by atoms with van der Waals surface area (Å²) in [6, 6.07) is 22.4. The van der Waals surface area contributed by atoms with E-state index in [1.54, 1.807) is 30.3 Å². The van der Waals surface area contributed by atoms with Gasteiger partial charge in [-0.05, 0) is 48.7 Å². The first kappa shape index (κ1) is 19.3. The molecule has 0 bridgehead atoms. The van der Waals surface area contributed by atoms with Crippen LogP contribution in [0.3, 0.4) is 0 Å². The number of aryl methyl sites for hydroxylation is 1. The second-order valence-corrected chi connectivity index (χ2v) is 6.36. The number of para-hydroxylation sites is 1. The van der Waals surface area contributed by atoms with Crippen molar-refractivity contribution in [3.63, 3.8) is 0 Å². The average molecular weight is 376 g/mol. The van der Waals surface area contributed by atoms with Crippen LogP contribution in [0.2, 0.25) is 0 Å². The average Bonchev–Trinajstić information content (AvgIpc) is 2.73. The molecule has 0 aliphatic heterocycles. The summed E-state index contributed by atoms with van der Waals surface area (Å²) in [6.07, 6.45) is 1.70. The van der Waals surface area contributed by atoms with E-state index in [4.69, 9.17) is 0 Å². The van der Waals surface area contributed by atoms with Crippen LogP contribution in [0.25, 0.3) is 0 Å². The highest BCUT2D eigenvalue weighted by Gasteiger charge is 2.12. The van der Waals surface area contributed by atoms with Crippen molar-refractivity contribution in [3.05, 3.63) is 101 Å². The smallest absolute Gasteiger partial charge is 0.255 e. The number of amides is 2. The maximum absolute atomic E-state index is 13.7. The Bertz CT molecular complexity index is 958. The van der Waals surface area contributed by atoms with Crippen molar-refractivity contribution in [1.82, 2.24) is 5.32 Å². The Hall–Kier alpha value is -3.47. The third-order valence-electron chi connectivity index (χ3n) is 4.28. The lowest BCUT2D eigenvalue weighted by atomic mass is 10.1. The third kappa shape index (κ3) is 5.27. The largest absolute Gasteiger partial charge is 0.352 e. The van der Waals surface area contributed by atoms with Gasteiger partial charge in [0, 0.05) is 17.7 Å². The second-order valence-electron chi connectivity index (χ2n) is 6.36. The lowest BCUT2D eigenvalue weighted by molar-refractivity contribution is 0.0953. The Labute approximate surface area is 163 Å². The molecule has 0 saturated carbocycles. The standard InChI is InChI=1S/C23H21FN2O2/c24-20-13-4-5-14-21(20)26-23(28)19-12-6-11-18(16-19)22(27)25-15-7-10-17-8-2-1-3-9-17/h1-6,8-9,11-14,16H,7,10,15H2,(H,25,27)(H,26,28). The van der Waals surface area contributed by atoms with Crippen molar-refractivity contribution < 1.29 is 14.0 Å². The second kappa shape index (κ2) is 9.46. The Morgan fingerprint density at radius 3 is 2.21 bits per heavy atom. The highest BCUT2D eigenvalue weighted by Crippen LogP contribution is 2.14. The first-order valence-electron chi connectivity index (χ1n) is 9.11. The zero-order chi connectivity index (χ0) is 19.8. The lowest BCUT2D eigenvalue weighted by Crippen LogP contribution is -2.25. The van der Waals surface area contributed by atoms with E-state index in [0.717, 1.165) is 12.8 Å². The van der Waals surface area contributed by atoms with E-state index in [2.05, 4.69) is 22.8 Å². The summed E-state index contributed by atoms with van der Waals surface area (Å²) in [4.78, 5) is 24.7. The van der Waals surface area contributed by atoms with Gasteiger partial charge in [-0.2, -0.15) is 0 Å². The molecule has 4 nitrogen and oxygen atoms in total. The van der Waals surface area contributed by atoms with E-state index in [-0.39, 0.29) is 11.6 Å². The molecule has 0 spiro atoms. The fraction of sp³-hybridized carbons (Fsp3) is 0.130. The maximum Gasteiger partial charge on any atom is 0.255 e. The predicted molar refractivity (Wildman–Crippen MR) is 108 cm³/mol. The number of carbonyl (C=O) groups excluding carboxylic acids is 2. The predicted octanol–water partition coefficient (Wildman–Crippen LogP) is 4.44. The molecule has 0 radical (unpaired) electrons. The SMILES string of the molecule is O=C(NCCCc1ccccc1)c1cccc(C(=O)Nc2ccccc2F)c1. The summed E-state index contributed by atoms with van der Waals surface area (Å²) in [5.41, 5.74) is 2.01. The minimum absolute atomic E-state index is 0.100. The van der Waals surface area contributed by atoms with E-state index in [0.29, 0.717) is 17.7 Å². The molecule has 3 aromatic carbocycles. The molecule has 5 heteroatoms. The van der Waals surface area contributed by atoms with Gasteiger partial charge in [-0.15, -0.1) is 0 Å². The molecule has 3 rings (SSSR count). The summed E-state index contributed by atoms with van der Waals surface area (Å²) in [6.45, 7) is 0.541. The van der Waals surface area contributed by atoms with E-state index in [9.17, 15) is 14.0 Å². The molecule has 0 atom stereocenters. The van der Waals surface area contributed by atoms with Gasteiger partial charge in [0.05, 0.1) is 5.69 Å². The molecule has 0 aromatic heterocycles. The molecule has 0 unspecified atom stereocenters. The number of nitrogens with one attached hydrogen (secondary N) is 2. The molecule has 142 valence electrons. The summed E-state index contributed by atoms with van der Waals surface area (Å²) in [7, 11) is 0. The molecule has 0 saturated heterocycles. The topological polar surface area (TPSA) is 58.2 Å². The molecule has 2 amide bonds. The number of anilines is 1. The molecule has 0 fully saturated rings. The van der Waals surface area contributed by atoms with Crippen LogP contribution in [0.1, 0.15) is 32.7 Å². The van der Waals surface area contributed by atoms with Crippen molar-refractivity contribution in [2.24, 2.45) is 0 Å². The van der Waals surface area contributed by atoms with Crippen molar-refractivity contribution in [2.45, 2.75) is 12.8 Å². The minimum atomic E-state index is -0.511. The first-order valence-corrected chi connectivity index (χ1v) is 9.11. The number of hydrogen-bond acceptors (Lipinski definition) is 2. The van der Waals surface area contributed by atoms with E-state index in [1.807, 2.05) is 18.2 Å². The molecule has 3 aromatic rings. The minimum Gasteiger partial charge on any atom is -0.352 e. The summed E-state index contributed by atoms with van der Waals surface area (Å²) in [5, 5.41) is 5.38. The van der Waals surface area contributed by atoms with Gasteiger partial charge in [0.25, 0.3) is 11.8 Å². The van der Waals surface area contributed by atoms with E-state index >= 15 is 0 Å². The molecule has 2 N–H and O–H groups in total. The first-order chi connectivity index (χ1) is 13.6. The van der Waals surface area contributed by atoms with Gasteiger partial charge in [-0.1, -0.05) is 48.5 Å². The molecular formula is C23H21FN2O2. The third-order valence-corrected chi connectivity index (χ3v) is 4.28. The zero-order valence-corrected chi connectivity index (χ0v) is 15.3. The van der Waals surface area contributed by atoms with Gasteiger partial charge in [0.2, 0.25) is 0 Å². The van der Waals surface area contributed by atoms with Gasteiger partial charge in [-0.25, -0.2) is 4.39 Å². The van der Waals surface area contributed by atoms with E-state index in [1.165, 1.54) is 23.8 Å². The number of hydrogen-bond donors (Lipinski definition) is 2. The quantitative estimate of drug-likeness (QED) is 0.599. The summed E-state index contributed by atoms with van der Waals surface area (Å²) in [5.74, 6) is -1.22. The van der Waals surface area contributed by atoms with Crippen LogP contribution in [0.5, 0.6) is 0 Å². The highest BCUT2D eigenvalue weighted by atomic mass is 19.1. The Morgan fingerprint density at radius 1 is 0.786 bits per heavy atom.